The average molecular weight is 523 g/mol. The summed E-state index contributed by atoms with van der Waals surface area (Å²) in [5, 5.41) is 9.53. The maximum Gasteiger partial charge on any atom is 0.314 e. The number of hydrogen-bond acceptors (Lipinski definition) is 2. The van der Waals surface area contributed by atoms with Crippen molar-refractivity contribution in [3.05, 3.63) is 0 Å². The van der Waals surface area contributed by atoms with E-state index in [4.69, 9.17) is 0 Å². The number of carboxylic acids is 1. The third-order valence-electron chi connectivity index (χ3n) is 8.06. The van der Waals surface area contributed by atoms with Crippen molar-refractivity contribution >= 4 is 11.8 Å². The largest absolute Gasteiger partial charge is 0.481 e. The van der Waals surface area contributed by atoms with Gasteiger partial charge in [-0.3, -0.25) is 9.59 Å². The highest BCUT2D eigenvalue weighted by Crippen LogP contribution is 2.19. The van der Waals surface area contributed by atoms with Gasteiger partial charge >= 0.3 is 5.97 Å². The van der Waals surface area contributed by atoms with Crippen LogP contribution in [0, 0.1) is 5.92 Å². The molecule has 0 fully saturated rings. The topological polar surface area (TPSA) is 54.4 Å². The van der Waals surface area contributed by atoms with Crippen LogP contribution in [0.2, 0.25) is 0 Å². The summed E-state index contributed by atoms with van der Waals surface area (Å²) in [6.45, 7) is 4.53. The van der Waals surface area contributed by atoms with Gasteiger partial charge in [0.15, 0.2) is 0 Å². The first-order valence-corrected chi connectivity index (χ1v) is 16.9. The minimum absolute atomic E-state index is 0.0368. The summed E-state index contributed by atoms with van der Waals surface area (Å²) < 4.78 is 0. The van der Waals surface area contributed by atoms with Gasteiger partial charge in [0.2, 0.25) is 0 Å². The fraction of sp³-hybridized carbons (Fsp3) is 0.941. The highest BCUT2D eigenvalue weighted by Gasteiger charge is 2.24. The molecular weight excluding hydrogens is 456 g/mol. The molecule has 37 heavy (non-hydrogen) atoms. The van der Waals surface area contributed by atoms with E-state index in [9.17, 15) is 14.7 Å². The lowest BCUT2D eigenvalue weighted by Gasteiger charge is -2.11. The van der Waals surface area contributed by atoms with Crippen molar-refractivity contribution in [2.45, 2.75) is 200 Å². The van der Waals surface area contributed by atoms with Gasteiger partial charge in [-0.1, -0.05) is 181 Å². The number of aliphatic carboxylic acids is 1. The number of hydrogen-bond donors (Lipinski definition) is 1. The monoisotopic (exact) mass is 523 g/mol. The van der Waals surface area contributed by atoms with E-state index in [0.717, 1.165) is 25.7 Å². The molecule has 1 atom stereocenters. The third kappa shape index (κ3) is 26.5. The molecule has 3 heteroatoms. The van der Waals surface area contributed by atoms with Crippen LogP contribution in [0.15, 0.2) is 0 Å². The number of ketones is 1. The molecule has 0 aliphatic carbocycles. The number of carboxylic acid groups (broad SMARTS) is 1. The van der Waals surface area contributed by atoms with Crippen LogP contribution in [0.4, 0.5) is 0 Å². The molecule has 0 spiro atoms. The van der Waals surface area contributed by atoms with Gasteiger partial charge in [-0.15, -0.1) is 0 Å². The number of Topliss-reactive ketones (excluding diaryl/α,β-unsaturated/α-hetero) is 1. The highest BCUT2D eigenvalue weighted by atomic mass is 16.4. The van der Waals surface area contributed by atoms with Crippen LogP contribution >= 0.6 is 0 Å². The molecule has 0 rings (SSSR count). The number of rotatable bonds is 31. The van der Waals surface area contributed by atoms with Gasteiger partial charge in [0, 0.05) is 6.42 Å². The molecule has 0 amide bonds. The van der Waals surface area contributed by atoms with E-state index >= 15 is 0 Å². The number of carbonyl (C=O) groups is 2. The fourth-order valence-corrected chi connectivity index (χ4v) is 5.46. The molecule has 0 saturated carbocycles. The summed E-state index contributed by atoms with van der Waals surface area (Å²) in [7, 11) is 0. The summed E-state index contributed by atoms with van der Waals surface area (Å²) in [4.78, 5) is 24.1. The Hall–Kier alpha value is -0.860. The van der Waals surface area contributed by atoms with Crippen molar-refractivity contribution in [2.75, 3.05) is 0 Å². The van der Waals surface area contributed by atoms with Gasteiger partial charge in [-0.25, -0.2) is 0 Å². The van der Waals surface area contributed by atoms with Gasteiger partial charge in [0.25, 0.3) is 0 Å². The second-order valence-electron chi connectivity index (χ2n) is 11.7. The number of unbranched alkanes of at least 4 members (excludes halogenated alkanes) is 25. The zero-order chi connectivity index (χ0) is 27.2. The normalized spacial score (nSPS) is 12.2. The molecule has 0 aromatic heterocycles. The Morgan fingerprint density at radius 3 is 1.00 bits per heavy atom. The van der Waals surface area contributed by atoms with E-state index in [-0.39, 0.29) is 5.78 Å². The maximum absolute atomic E-state index is 12.5. The van der Waals surface area contributed by atoms with Crippen LogP contribution in [0.25, 0.3) is 0 Å². The standard InChI is InChI=1S/C34H66O3/c1-3-5-7-9-11-13-15-17-18-19-21-23-25-27-29-31-33(35)32(34(36)37)30-28-26-24-22-20-16-14-12-10-8-6-4-2/h32H,3-31H2,1-2H3,(H,36,37). The van der Waals surface area contributed by atoms with Crippen molar-refractivity contribution in [3.63, 3.8) is 0 Å². The highest BCUT2D eigenvalue weighted by molar-refractivity contribution is 5.98. The zero-order valence-electron chi connectivity index (χ0n) is 25.3. The van der Waals surface area contributed by atoms with Crippen molar-refractivity contribution < 1.29 is 14.7 Å². The van der Waals surface area contributed by atoms with Gasteiger partial charge < -0.3 is 5.11 Å². The molecule has 1 N–H and O–H groups in total. The maximum atomic E-state index is 12.5. The first kappa shape index (κ1) is 36.1. The lowest BCUT2D eigenvalue weighted by Crippen LogP contribution is -2.23. The summed E-state index contributed by atoms with van der Waals surface area (Å²) in [5.41, 5.74) is 0. The Bertz CT molecular complexity index is 487. The zero-order valence-corrected chi connectivity index (χ0v) is 25.3. The van der Waals surface area contributed by atoms with Crippen molar-refractivity contribution in [1.29, 1.82) is 0 Å². The molecule has 1 unspecified atom stereocenters. The van der Waals surface area contributed by atoms with E-state index in [1.54, 1.807) is 0 Å². The molecule has 0 aromatic carbocycles. The minimum Gasteiger partial charge on any atom is -0.481 e. The van der Waals surface area contributed by atoms with Gasteiger partial charge in [-0.05, 0) is 12.8 Å². The van der Waals surface area contributed by atoms with Crippen LogP contribution in [0.5, 0.6) is 0 Å². The van der Waals surface area contributed by atoms with Crippen LogP contribution in [0.3, 0.4) is 0 Å². The van der Waals surface area contributed by atoms with Crippen LogP contribution < -0.4 is 0 Å². The second-order valence-corrected chi connectivity index (χ2v) is 11.7. The van der Waals surface area contributed by atoms with Crippen LogP contribution in [0.1, 0.15) is 200 Å². The molecule has 220 valence electrons. The molecule has 0 aliphatic heterocycles. The molecular formula is C34H66O3. The SMILES string of the molecule is CCCCCCCCCCCCCCCCCC(=O)C(CCCCCCCCCCCCCC)C(=O)O. The Morgan fingerprint density at radius 1 is 0.432 bits per heavy atom. The van der Waals surface area contributed by atoms with E-state index < -0.39 is 11.9 Å². The van der Waals surface area contributed by atoms with Crippen LogP contribution in [-0.2, 0) is 9.59 Å². The second kappa shape index (κ2) is 29.7. The Kier molecular flexibility index (Phi) is 29.0. The van der Waals surface area contributed by atoms with E-state index in [1.165, 1.54) is 148 Å². The summed E-state index contributed by atoms with van der Waals surface area (Å²) in [6.07, 6.45) is 35.7. The molecule has 0 bridgehead atoms. The van der Waals surface area contributed by atoms with Crippen molar-refractivity contribution in [3.8, 4) is 0 Å². The minimum atomic E-state index is -0.908. The quantitative estimate of drug-likeness (QED) is 0.0727. The Morgan fingerprint density at radius 2 is 0.703 bits per heavy atom. The summed E-state index contributed by atoms with van der Waals surface area (Å²) >= 11 is 0. The Balaban J connectivity index is 3.54. The summed E-state index contributed by atoms with van der Waals surface area (Å²) in [5.74, 6) is -1.71. The first-order chi connectivity index (χ1) is 18.1. The predicted molar refractivity (Wildman–Crippen MR) is 161 cm³/mol. The van der Waals surface area contributed by atoms with Gasteiger partial charge in [0.05, 0.1) is 0 Å². The lowest BCUT2D eigenvalue weighted by atomic mass is 9.93. The van der Waals surface area contributed by atoms with Crippen LogP contribution in [-0.4, -0.2) is 16.9 Å². The molecule has 0 saturated heterocycles. The average Bonchev–Trinajstić information content (AvgIpc) is 2.88. The fourth-order valence-electron chi connectivity index (χ4n) is 5.46. The van der Waals surface area contributed by atoms with E-state index in [2.05, 4.69) is 13.8 Å². The lowest BCUT2D eigenvalue weighted by molar-refractivity contribution is -0.146. The molecule has 0 aliphatic rings. The third-order valence-corrected chi connectivity index (χ3v) is 8.06. The van der Waals surface area contributed by atoms with Gasteiger partial charge in [0.1, 0.15) is 11.7 Å². The van der Waals surface area contributed by atoms with E-state index in [1.807, 2.05) is 0 Å². The van der Waals surface area contributed by atoms with Gasteiger partial charge in [-0.2, -0.15) is 0 Å². The molecule has 0 aromatic rings. The molecule has 3 nitrogen and oxygen atoms in total. The molecule has 0 radical (unpaired) electrons. The smallest absolute Gasteiger partial charge is 0.314 e. The molecule has 0 heterocycles. The van der Waals surface area contributed by atoms with Crippen molar-refractivity contribution in [1.82, 2.24) is 0 Å². The Labute approximate surface area is 232 Å². The first-order valence-electron chi connectivity index (χ1n) is 16.9. The van der Waals surface area contributed by atoms with Crippen molar-refractivity contribution in [2.24, 2.45) is 5.92 Å². The number of carbonyl (C=O) groups excluding carboxylic acids is 1. The predicted octanol–water partition coefficient (Wildman–Crippen LogP) is 11.6. The van der Waals surface area contributed by atoms with E-state index in [0.29, 0.717) is 12.8 Å². The summed E-state index contributed by atoms with van der Waals surface area (Å²) in [6, 6.07) is 0.